The van der Waals surface area contributed by atoms with Crippen LogP contribution in [0.4, 0.5) is 0 Å². The van der Waals surface area contributed by atoms with Gasteiger partial charge in [0.2, 0.25) is 0 Å². The highest BCUT2D eigenvalue weighted by atomic mass is 35.5. The molecule has 106 valence electrons. The van der Waals surface area contributed by atoms with Crippen molar-refractivity contribution in [1.29, 1.82) is 0 Å². The van der Waals surface area contributed by atoms with Crippen molar-refractivity contribution < 1.29 is 9.53 Å². The van der Waals surface area contributed by atoms with Crippen molar-refractivity contribution in [3.63, 3.8) is 0 Å². The van der Waals surface area contributed by atoms with E-state index in [0.717, 1.165) is 37.0 Å². The fourth-order valence-corrected chi connectivity index (χ4v) is 5.27. The summed E-state index contributed by atoms with van der Waals surface area (Å²) >= 11 is 6.10. The fourth-order valence-electron chi connectivity index (χ4n) is 5.10. The van der Waals surface area contributed by atoms with Crippen LogP contribution in [-0.4, -0.2) is 5.97 Å². The summed E-state index contributed by atoms with van der Waals surface area (Å²) in [5.74, 6) is 2.72. The maximum atomic E-state index is 12.7. The first-order valence-electron chi connectivity index (χ1n) is 7.61. The van der Waals surface area contributed by atoms with Crippen molar-refractivity contribution in [1.82, 2.24) is 0 Å². The second kappa shape index (κ2) is 4.49. The molecular weight excluding hydrogens is 272 g/mol. The molecule has 0 heterocycles. The minimum atomic E-state index is -0.214. The van der Waals surface area contributed by atoms with E-state index in [2.05, 4.69) is 0 Å². The van der Waals surface area contributed by atoms with Crippen LogP contribution in [-0.2, 0) is 4.79 Å². The van der Waals surface area contributed by atoms with E-state index in [9.17, 15) is 4.79 Å². The summed E-state index contributed by atoms with van der Waals surface area (Å²) in [7, 11) is 0. The molecule has 0 saturated heterocycles. The van der Waals surface area contributed by atoms with Crippen LogP contribution in [0.5, 0.6) is 5.75 Å². The van der Waals surface area contributed by atoms with Crippen molar-refractivity contribution in [2.24, 2.45) is 23.2 Å². The minimum Gasteiger partial charge on any atom is -0.425 e. The molecule has 4 saturated carbocycles. The second-order valence-electron chi connectivity index (χ2n) is 7.02. The summed E-state index contributed by atoms with van der Waals surface area (Å²) in [5, 5.41) is 0.519. The standard InChI is InChI=1S/C17H19ClO2/c18-14-3-1-2-4-15(14)20-16(19)17-8-11-5-12(9-17)7-13(6-11)10-17/h1-4,11-13H,5-10H2. The van der Waals surface area contributed by atoms with Crippen LogP contribution in [0.25, 0.3) is 0 Å². The van der Waals surface area contributed by atoms with Crippen molar-refractivity contribution in [3.8, 4) is 5.75 Å². The second-order valence-corrected chi connectivity index (χ2v) is 7.43. The number of carbonyl (C=O) groups excluding carboxylic acids is 1. The number of para-hydroxylation sites is 1. The first-order chi connectivity index (χ1) is 9.64. The number of benzene rings is 1. The molecule has 0 N–H and O–H groups in total. The zero-order valence-corrected chi connectivity index (χ0v) is 12.2. The van der Waals surface area contributed by atoms with E-state index in [-0.39, 0.29) is 11.4 Å². The summed E-state index contributed by atoms with van der Waals surface area (Å²) in [6.07, 6.45) is 7.09. The Bertz CT molecular complexity index is 516. The lowest BCUT2D eigenvalue weighted by atomic mass is 9.49. The van der Waals surface area contributed by atoms with E-state index in [1.807, 2.05) is 12.1 Å². The van der Waals surface area contributed by atoms with E-state index in [4.69, 9.17) is 16.3 Å². The first-order valence-corrected chi connectivity index (χ1v) is 7.99. The topological polar surface area (TPSA) is 26.3 Å². The molecule has 0 aromatic heterocycles. The molecule has 0 spiro atoms. The molecule has 3 heteroatoms. The van der Waals surface area contributed by atoms with Crippen LogP contribution in [0.3, 0.4) is 0 Å². The molecule has 1 aromatic carbocycles. The van der Waals surface area contributed by atoms with E-state index in [1.54, 1.807) is 12.1 Å². The van der Waals surface area contributed by atoms with Gasteiger partial charge in [-0.15, -0.1) is 0 Å². The van der Waals surface area contributed by atoms with Gasteiger partial charge in [-0.3, -0.25) is 4.79 Å². The van der Waals surface area contributed by atoms with Crippen LogP contribution in [0.15, 0.2) is 24.3 Å². The summed E-state index contributed by atoms with van der Waals surface area (Å²) in [5.41, 5.74) is -0.214. The van der Waals surface area contributed by atoms with Gasteiger partial charge < -0.3 is 4.74 Å². The lowest BCUT2D eigenvalue weighted by molar-refractivity contribution is -0.161. The third-order valence-electron chi connectivity index (χ3n) is 5.51. The Morgan fingerprint density at radius 3 is 2.15 bits per heavy atom. The molecule has 2 nitrogen and oxygen atoms in total. The van der Waals surface area contributed by atoms with Gasteiger partial charge in [0.25, 0.3) is 0 Å². The molecule has 4 bridgehead atoms. The maximum absolute atomic E-state index is 12.7. The van der Waals surface area contributed by atoms with E-state index in [0.29, 0.717) is 10.8 Å². The average molecular weight is 291 g/mol. The predicted molar refractivity (Wildman–Crippen MR) is 77.7 cm³/mol. The van der Waals surface area contributed by atoms with E-state index < -0.39 is 0 Å². The number of hydrogen-bond acceptors (Lipinski definition) is 2. The van der Waals surface area contributed by atoms with Gasteiger partial charge in [0.15, 0.2) is 0 Å². The van der Waals surface area contributed by atoms with Crippen LogP contribution >= 0.6 is 11.6 Å². The van der Waals surface area contributed by atoms with Gasteiger partial charge in [0.05, 0.1) is 10.4 Å². The number of halogens is 1. The Labute approximate surface area is 124 Å². The summed E-state index contributed by atoms with van der Waals surface area (Å²) in [6, 6.07) is 7.25. The number of rotatable bonds is 2. The molecule has 0 amide bonds. The average Bonchev–Trinajstić information content (AvgIpc) is 2.40. The smallest absolute Gasteiger partial charge is 0.317 e. The van der Waals surface area contributed by atoms with Gasteiger partial charge in [-0.2, -0.15) is 0 Å². The van der Waals surface area contributed by atoms with Crippen LogP contribution in [0, 0.1) is 23.2 Å². The normalized spacial score (nSPS) is 38.0. The Morgan fingerprint density at radius 1 is 1.05 bits per heavy atom. The summed E-state index contributed by atoms with van der Waals surface area (Å²) in [6.45, 7) is 0. The lowest BCUT2D eigenvalue weighted by Gasteiger charge is -2.55. The molecule has 0 radical (unpaired) electrons. The Balaban J connectivity index is 1.58. The predicted octanol–water partition coefficient (Wildman–Crippen LogP) is 4.46. The number of esters is 1. The van der Waals surface area contributed by atoms with Crippen LogP contribution in [0.1, 0.15) is 38.5 Å². The number of ether oxygens (including phenoxy) is 1. The minimum absolute atomic E-state index is 0.0373. The first kappa shape index (κ1) is 12.7. The molecule has 4 aliphatic carbocycles. The fraction of sp³-hybridized carbons (Fsp3) is 0.588. The van der Waals surface area contributed by atoms with Gasteiger partial charge in [-0.05, 0) is 68.4 Å². The number of hydrogen-bond donors (Lipinski definition) is 0. The zero-order valence-electron chi connectivity index (χ0n) is 11.5. The van der Waals surface area contributed by atoms with Crippen molar-refractivity contribution in [2.45, 2.75) is 38.5 Å². The summed E-state index contributed by atoms with van der Waals surface area (Å²) < 4.78 is 5.66. The molecular formula is C17H19ClO2. The molecule has 4 fully saturated rings. The van der Waals surface area contributed by atoms with Crippen molar-refractivity contribution in [2.75, 3.05) is 0 Å². The molecule has 0 unspecified atom stereocenters. The van der Waals surface area contributed by atoms with Gasteiger partial charge in [-0.1, -0.05) is 23.7 Å². The molecule has 1 aromatic rings. The SMILES string of the molecule is O=C(Oc1ccccc1Cl)C12CC3CC(CC(C3)C1)C2. The quantitative estimate of drug-likeness (QED) is 0.594. The third-order valence-corrected chi connectivity index (χ3v) is 5.82. The Kier molecular flexibility index (Phi) is 2.85. The Morgan fingerprint density at radius 2 is 1.60 bits per heavy atom. The third kappa shape index (κ3) is 1.96. The van der Waals surface area contributed by atoms with Crippen LogP contribution in [0.2, 0.25) is 5.02 Å². The van der Waals surface area contributed by atoms with E-state index in [1.165, 1.54) is 19.3 Å². The van der Waals surface area contributed by atoms with E-state index >= 15 is 0 Å². The van der Waals surface area contributed by atoms with Crippen molar-refractivity contribution >= 4 is 17.6 Å². The molecule has 20 heavy (non-hydrogen) atoms. The zero-order chi connectivity index (χ0) is 13.7. The van der Waals surface area contributed by atoms with Crippen molar-refractivity contribution in [3.05, 3.63) is 29.3 Å². The van der Waals surface area contributed by atoms with Gasteiger partial charge >= 0.3 is 5.97 Å². The monoisotopic (exact) mass is 290 g/mol. The van der Waals surface area contributed by atoms with Gasteiger partial charge in [0.1, 0.15) is 5.75 Å². The molecule has 0 atom stereocenters. The largest absolute Gasteiger partial charge is 0.425 e. The molecule has 4 aliphatic rings. The highest BCUT2D eigenvalue weighted by Gasteiger charge is 2.55. The van der Waals surface area contributed by atoms with Crippen LogP contribution < -0.4 is 4.74 Å². The molecule has 0 aliphatic heterocycles. The Hall–Kier alpha value is -1.02. The molecule has 5 rings (SSSR count). The lowest BCUT2D eigenvalue weighted by Crippen LogP contribution is -2.51. The van der Waals surface area contributed by atoms with Gasteiger partial charge in [-0.25, -0.2) is 0 Å². The highest BCUT2D eigenvalue weighted by Crippen LogP contribution is 2.60. The van der Waals surface area contributed by atoms with Gasteiger partial charge in [0, 0.05) is 0 Å². The maximum Gasteiger partial charge on any atom is 0.317 e. The number of carbonyl (C=O) groups is 1. The summed E-state index contributed by atoms with van der Waals surface area (Å²) in [4.78, 5) is 12.7. The highest BCUT2D eigenvalue weighted by molar-refractivity contribution is 6.32.